The number of aromatic amines is 1. The molecule has 0 aliphatic heterocycles. The van der Waals surface area contributed by atoms with Crippen LogP contribution in [0.15, 0.2) is 33.9 Å². The Balaban J connectivity index is 2.12. The van der Waals surface area contributed by atoms with Gasteiger partial charge < -0.3 is 0 Å². The second-order valence-corrected chi connectivity index (χ2v) is 6.07. The van der Waals surface area contributed by atoms with E-state index in [1.807, 2.05) is 0 Å². The van der Waals surface area contributed by atoms with Gasteiger partial charge in [0.1, 0.15) is 5.15 Å². The van der Waals surface area contributed by atoms with Gasteiger partial charge in [-0.05, 0) is 18.4 Å². The first-order valence-electron chi connectivity index (χ1n) is 6.85. The predicted octanol–water partition coefficient (Wildman–Crippen LogP) is 3.31. The molecule has 0 radical (unpaired) electrons. The highest BCUT2D eigenvalue weighted by Crippen LogP contribution is 2.32. The number of benzene rings is 1. The van der Waals surface area contributed by atoms with E-state index in [0.29, 0.717) is 23.0 Å². The fourth-order valence-electron chi connectivity index (χ4n) is 2.36. The average Bonchev–Trinajstić information content (AvgIpc) is 3.24. The molecule has 1 saturated carbocycles. The molecule has 110 valence electrons. The van der Waals surface area contributed by atoms with Gasteiger partial charge in [-0.3, -0.25) is 14.3 Å². The molecule has 21 heavy (non-hydrogen) atoms. The monoisotopic (exact) mass is 324 g/mol. The van der Waals surface area contributed by atoms with E-state index in [1.165, 1.54) is 17.4 Å². The third-order valence-electron chi connectivity index (χ3n) is 3.74. The van der Waals surface area contributed by atoms with Crippen molar-refractivity contribution >= 4 is 23.2 Å². The zero-order chi connectivity index (χ0) is 15.0. The molecule has 0 amide bonds. The van der Waals surface area contributed by atoms with Crippen LogP contribution >= 0.6 is 23.2 Å². The van der Waals surface area contributed by atoms with E-state index in [4.69, 9.17) is 23.2 Å². The second kappa shape index (κ2) is 5.70. The molecule has 0 saturated heterocycles. The molecule has 6 heteroatoms. The van der Waals surface area contributed by atoms with Crippen molar-refractivity contribution in [3.8, 4) is 11.1 Å². The van der Waals surface area contributed by atoms with Crippen molar-refractivity contribution in [1.29, 1.82) is 0 Å². The highest BCUT2D eigenvalue weighted by atomic mass is 35.5. The van der Waals surface area contributed by atoms with E-state index < -0.39 is 11.2 Å². The van der Waals surface area contributed by atoms with Gasteiger partial charge in [0.25, 0.3) is 5.56 Å². The average molecular weight is 325 g/mol. The molecular formula is C15H14Cl2N2O2. The van der Waals surface area contributed by atoms with Crippen molar-refractivity contribution in [2.45, 2.75) is 25.8 Å². The molecular weight excluding hydrogens is 311 g/mol. The van der Waals surface area contributed by atoms with Crippen LogP contribution in [-0.2, 0) is 6.54 Å². The summed E-state index contributed by atoms with van der Waals surface area (Å²) in [5.74, 6) is 0.635. The van der Waals surface area contributed by atoms with Gasteiger partial charge >= 0.3 is 5.69 Å². The van der Waals surface area contributed by atoms with Gasteiger partial charge in [-0.15, -0.1) is 0 Å². The maximum atomic E-state index is 12.6. The molecule has 3 rings (SSSR count). The highest BCUT2D eigenvalue weighted by molar-refractivity contribution is 6.35. The van der Waals surface area contributed by atoms with Crippen LogP contribution in [0.1, 0.15) is 19.3 Å². The number of nitrogens with zero attached hydrogens (tertiary/aromatic N) is 1. The molecule has 1 aliphatic carbocycles. The zero-order valence-electron chi connectivity index (χ0n) is 11.2. The SMILES string of the molecule is O=c1[nH]c(Cl)c(-c2ccccc2Cl)c(=O)n1CCC1CC1. The lowest BCUT2D eigenvalue weighted by Crippen LogP contribution is -2.36. The molecule has 0 spiro atoms. The first-order valence-corrected chi connectivity index (χ1v) is 7.61. The molecule has 4 nitrogen and oxygen atoms in total. The van der Waals surface area contributed by atoms with Crippen molar-refractivity contribution in [2.24, 2.45) is 5.92 Å². The Hall–Kier alpha value is -1.52. The number of aromatic nitrogens is 2. The minimum atomic E-state index is -0.471. The third kappa shape index (κ3) is 2.92. The molecule has 1 aromatic heterocycles. The van der Waals surface area contributed by atoms with Crippen LogP contribution < -0.4 is 11.2 Å². The Morgan fingerprint density at radius 3 is 2.57 bits per heavy atom. The largest absolute Gasteiger partial charge is 0.329 e. The second-order valence-electron chi connectivity index (χ2n) is 5.29. The van der Waals surface area contributed by atoms with Crippen LogP contribution in [0.4, 0.5) is 0 Å². The summed E-state index contributed by atoms with van der Waals surface area (Å²) in [5, 5.41) is 0.457. The van der Waals surface area contributed by atoms with E-state index in [-0.39, 0.29) is 10.7 Å². The van der Waals surface area contributed by atoms with Crippen LogP contribution in [-0.4, -0.2) is 9.55 Å². The number of nitrogens with one attached hydrogen (secondary N) is 1. The molecule has 1 N–H and O–H groups in total. The Morgan fingerprint density at radius 2 is 1.90 bits per heavy atom. The summed E-state index contributed by atoms with van der Waals surface area (Å²) < 4.78 is 1.21. The van der Waals surface area contributed by atoms with Crippen LogP contribution in [0.25, 0.3) is 11.1 Å². The van der Waals surface area contributed by atoms with Crippen molar-refractivity contribution in [3.05, 3.63) is 55.3 Å². The number of hydrogen-bond acceptors (Lipinski definition) is 2. The fraction of sp³-hybridized carbons (Fsp3) is 0.333. The van der Waals surface area contributed by atoms with E-state index >= 15 is 0 Å². The van der Waals surface area contributed by atoms with Crippen LogP contribution in [0.2, 0.25) is 10.2 Å². The molecule has 1 fully saturated rings. The maximum Gasteiger partial charge on any atom is 0.329 e. The van der Waals surface area contributed by atoms with E-state index in [2.05, 4.69) is 4.98 Å². The summed E-state index contributed by atoms with van der Waals surface area (Å²) >= 11 is 12.2. The van der Waals surface area contributed by atoms with E-state index in [1.54, 1.807) is 24.3 Å². The van der Waals surface area contributed by atoms with Gasteiger partial charge in [0.05, 0.1) is 5.56 Å². The summed E-state index contributed by atoms with van der Waals surface area (Å²) in [5.41, 5.74) is -0.0813. The molecule has 0 unspecified atom stereocenters. The maximum absolute atomic E-state index is 12.6. The lowest BCUT2D eigenvalue weighted by molar-refractivity contribution is 0.558. The van der Waals surface area contributed by atoms with Gasteiger partial charge in [-0.2, -0.15) is 0 Å². The van der Waals surface area contributed by atoms with E-state index in [9.17, 15) is 9.59 Å². The van der Waals surface area contributed by atoms with Crippen molar-refractivity contribution in [1.82, 2.24) is 9.55 Å². The Kier molecular flexibility index (Phi) is 3.91. The fourth-order valence-corrected chi connectivity index (χ4v) is 2.86. The Bertz CT molecular complexity index is 791. The number of halogens is 2. The number of hydrogen-bond donors (Lipinski definition) is 1. The summed E-state index contributed by atoms with van der Waals surface area (Å²) in [6.45, 7) is 0.410. The first kappa shape index (κ1) is 14.4. The lowest BCUT2D eigenvalue weighted by atomic mass is 10.1. The summed E-state index contributed by atoms with van der Waals surface area (Å²) in [7, 11) is 0. The molecule has 2 aromatic rings. The molecule has 0 bridgehead atoms. The summed E-state index contributed by atoms with van der Waals surface area (Å²) in [6.07, 6.45) is 3.20. The first-order chi connectivity index (χ1) is 10.1. The van der Waals surface area contributed by atoms with Crippen LogP contribution in [0.5, 0.6) is 0 Å². The van der Waals surface area contributed by atoms with Crippen molar-refractivity contribution < 1.29 is 0 Å². The highest BCUT2D eigenvalue weighted by Gasteiger charge is 2.22. The Labute approximate surface area is 131 Å². The lowest BCUT2D eigenvalue weighted by Gasteiger charge is -2.10. The zero-order valence-corrected chi connectivity index (χ0v) is 12.7. The molecule has 1 heterocycles. The molecule has 0 atom stereocenters. The predicted molar refractivity (Wildman–Crippen MR) is 84.1 cm³/mol. The topological polar surface area (TPSA) is 54.9 Å². The van der Waals surface area contributed by atoms with E-state index in [0.717, 1.165) is 6.42 Å². The van der Waals surface area contributed by atoms with Gasteiger partial charge in [-0.25, -0.2) is 4.79 Å². The van der Waals surface area contributed by atoms with Crippen molar-refractivity contribution in [3.63, 3.8) is 0 Å². The summed E-state index contributed by atoms with van der Waals surface area (Å²) in [4.78, 5) is 27.1. The van der Waals surface area contributed by atoms with Gasteiger partial charge in [0.2, 0.25) is 0 Å². The normalized spacial score (nSPS) is 14.4. The smallest absolute Gasteiger partial charge is 0.297 e. The van der Waals surface area contributed by atoms with Gasteiger partial charge in [-0.1, -0.05) is 54.2 Å². The minimum Gasteiger partial charge on any atom is -0.297 e. The van der Waals surface area contributed by atoms with Crippen LogP contribution in [0.3, 0.4) is 0 Å². The van der Waals surface area contributed by atoms with Crippen LogP contribution in [0, 0.1) is 5.92 Å². The Morgan fingerprint density at radius 1 is 1.19 bits per heavy atom. The number of rotatable bonds is 4. The van der Waals surface area contributed by atoms with Crippen molar-refractivity contribution in [2.75, 3.05) is 0 Å². The number of H-pyrrole nitrogens is 1. The molecule has 1 aromatic carbocycles. The summed E-state index contributed by atoms with van der Waals surface area (Å²) in [6, 6.07) is 6.95. The van der Waals surface area contributed by atoms with Gasteiger partial charge in [0, 0.05) is 17.1 Å². The standard InChI is InChI=1S/C15H14Cl2N2O2/c16-11-4-2-1-3-10(11)12-13(17)18-15(21)19(14(12)20)8-7-9-5-6-9/h1-4,9H,5-8H2,(H,18,21). The third-order valence-corrected chi connectivity index (χ3v) is 4.35. The quantitative estimate of drug-likeness (QED) is 0.877. The minimum absolute atomic E-state index is 0.0285. The van der Waals surface area contributed by atoms with Gasteiger partial charge in [0.15, 0.2) is 0 Å². The molecule has 1 aliphatic rings.